The van der Waals surface area contributed by atoms with E-state index in [0.717, 1.165) is 19.3 Å². The molecule has 0 radical (unpaired) electrons. The Kier molecular flexibility index (Phi) is 18.2. The van der Waals surface area contributed by atoms with Crippen molar-refractivity contribution in [3.63, 3.8) is 0 Å². The van der Waals surface area contributed by atoms with Crippen molar-refractivity contribution in [2.45, 2.75) is 142 Å². The molecule has 39 heavy (non-hydrogen) atoms. The van der Waals surface area contributed by atoms with Crippen molar-refractivity contribution < 1.29 is 41.1 Å². The van der Waals surface area contributed by atoms with Gasteiger partial charge in [-0.2, -0.15) is 22.0 Å². The number of hydrogen-bond acceptors (Lipinski definition) is 4. The highest BCUT2D eigenvalue weighted by Gasteiger charge is 2.63. The largest absolute Gasteiger partial charge is 0.464 e. The molecular weight excluding hydrogens is 523 g/mol. The number of rotatable bonds is 21. The molecule has 11 heteroatoms. The lowest BCUT2D eigenvalue weighted by Gasteiger charge is -2.28. The minimum Gasteiger partial charge on any atom is -0.464 e. The predicted octanol–water partition coefficient (Wildman–Crippen LogP) is 7.10. The summed E-state index contributed by atoms with van der Waals surface area (Å²) < 4.78 is 69.5. The molecule has 0 bridgehead atoms. The van der Waals surface area contributed by atoms with E-state index >= 15 is 0 Å². The maximum absolute atomic E-state index is 13.4. The fourth-order valence-electron chi connectivity index (χ4n) is 4.02. The third kappa shape index (κ3) is 14.9. The van der Waals surface area contributed by atoms with Gasteiger partial charge in [0.1, 0.15) is 12.1 Å². The van der Waals surface area contributed by atoms with Gasteiger partial charge in [0.2, 0.25) is 5.91 Å². The summed E-state index contributed by atoms with van der Waals surface area (Å²) >= 11 is 0. The zero-order chi connectivity index (χ0) is 30.1. The van der Waals surface area contributed by atoms with E-state index < -0.39 is 53.8 Å². The molecule has 2 N–H and O–H groups in total. The smallest absolute Gasteiger partial charge is 0.463 e. The van der Waals surface area contributed by atoms with E-state index in [1.54, 1.807) is 13.8 Å². The minimum absolute atomic E-state index is 0.151. The number of carbonyl (C=O) groups excluding carboxylic acids is 3. The van der Waals surface area contributed by atoms with Crippen molar-refractivity contribution in [3.05, 3.63) is 0 Å². The molecule has 6 nitrogen and oxygen atoms in total. The van der Waals surface area contributed by atoms with E-state index in [9.17, 15) is 36.3 Å². The van der Waals surface area contributed by atoms with Crippen LogP contribution in [0.2, 0.25) is 0 Å². The van der Waals surface area contributed by atoms with E-state index in [1.807, 2.05) is 0 Å². The summed E-state index contributed by atoms with van der Waals surface area (Å²) in [5.41, 5.74) is 0. The summed E-state index contributed by atoms with van der Waals surface area (Å²) in [6.07, 6.45) is 9.07. The highest BCUT2D eigenvalue weighted by molar-refractivity contribution is 5.93. The number of carbonyl (C=O) groups is 3. The molecule has 2 atom stereocenters. The van der Waals surface area contributed by atoms with E-state index in [1.165, 1.54) is 77.0 Å². The molecule has 0 aromatic heterocycles. The lowest BCUT2D eigenvalue weighted by atomic mass is 10.00. The first-order valence-electron chi connectivity index (χ1n) is 14.4. The van der Waals surface area contributed by atoms with Crippen molar-refractivity contribution >= 4 is 17.8 Å². The molecular formula is C28H49F5N2O4. The van der Waals surface area contributed by atoms with Gasteiger partial charge >= 0.3 is 24.0 Å². The van der Waals surface area contributed by atoms with Gasteiger partial charge in [0, 0.05) is 0 Å². The van der Waals surface area contributed by atoms with Gasteiger partial charge in [-0.3, -0.25) is 9.59 Å². The standard InChI is InChI=1S/C28H49F5N2O4/c1-6-7-8-9-10-11-12-13-14-15-16-17-18-19-39-25(37)23(21(4)5)34-24(36)22(20(2)3)35-26(38)27(29,30)28(31,32)33/h20-23H,6-19H2,1-5H3,(H,34,36)(H,35,38). The molecule has 0 saturated carbocycles. The molecule has 0 heterocycles. The maximum atomic E-state index is 13.4. The highest BCUT2D eigenvalue weighted by atomic mass is 19.4. The molecule has 0 saturated heterocycles. The Morgan fingerprint density at radius 1 is 0.641 bits per heavy atom. The van der Waals surface area contributed by atoms with Crippen LogP contribution in [0.4, 0.5) is 22.0 Å². The molecule has 230 valence electrons. The summed E-state index contributed by atoms with van der Waals surface area (Å²) in [6, 6.07) is -2.86. The van der Waals surface area contributed by atoms with Crippen molar-refractivity contribution in [1.82, 2.24) is 10.6 Å². The topological polar surface area (TPSA) is 84.5 Å². The number of hydrogen-bond donors (Lipinski definition) is 2. The van der Waals surface area contributed by atoms with Crippen LogP contribution in [0.5, 0.6) is 0 Å². The molecule has 0 aromatic rings. The third-order valence-corrected chi connectivity index (χ3v) is 6.59. The van der Waals surface area contributed by atoms with Crippen molar-refractivity contribution in [2.24, 2.45) is 11.8 Å². The third-order valence-electron chi connectivity index (χ3n) is 6.59. The van der Waals surface area contributed by atoms with E-state index in [4.69, 9.17) is 4.74 Å². The van der Waals surface area contributed by atoms with E-state index in [0.29, 0.717) is 6.42 Å². The van der Waals surface area contributed by atoms with Gasteiger partial charge < -0.3 is 15.4 Å². The van der Waals surface area contributed by atoms with Crippen LogP contribution in [0.25, 0.3) is 0 Å². The fourth-order valence-corrected chi connectivity index (χ4v) is 4.02. The van der Waals surface area contributed by atoms with E-state index in [2.05, 4.69) is 12.2 Å². The Bertz CT molecular complexity index is 715. The number of alkyl halides is 5. The summed E-state index contributed by atoms with van der Waals surface area (Å²) in [6.45, 7) is 8.35. The van der Waals surface area contributed by atoms with Crippen LogP contribution in [0.15, 0.2) is 0 Å². The molecule has 0 aromatic carbocycles. The second-order valence-electron chi connectivity index (χ2n) is 10.9. The van der Waals surface area contributed by atoms with Crippen LogP contribution in [0.3, 0.4) is 0 Å². The quantitative estimate of drug-likeness (QED) is 0.0873. The minimum atomic E-state index is -6.10. The van der Waals surface area contributed by atoms with Crippen LogP contribution in [-0.2, 0) is 19.1 Å². The highest BCUT2D eigenvalue weighted by Crippen LogP contribution is 2.35. The average Bonchev–Trinajstić information content (AvgIpc) is 2.84. The molecule has 0 aliphatic heterocycles. The number of unbranched alkanes of at least 4 members (excludes halogenated alkanes) is 12. The molecule has 0 fully saturated rings. The summed E-state index contributed by atoms with van der Waals surface area (Å²) in [5, 5.41) is 3.81. The van der Waals surface area contributed by atoms with Gasteiger partial charge in [-0.05, 0) is 18.3 Å². The van der Waals surface area contributed by atoms with Gasteiger partial charge in [0.15, 0.2) is 0 Å². The first-order chi connectivity index (χ1) is 18.2. The van der Waals surface area contributed by atoms with Gasteiger partial charge in [-0.25, -0.2) is 4.79 Å². The molecule has 0 rings (SSSR count). The molecule has 0 spiro atoms. The van der Waals surface area contributed by atoms with Gasteiger partial charge in [0.05, 0.1) is 6.61 Å². The zero-order valence-corrected chi connectivity index (χ0v) is 24.2. The number of halogens is 5. The Morgan fingerprint density at radius 2 is 1.05 bits per heavy atom. The lowest BCUT2D eigenvalue weighted by Crippen LogP contribution is -2.59. The number of nitrogens with one attached hydrogen (secondary N) is 2. The van der Waals surface area contributed by atoms with Crippen molar-refractivity contribution in [1.29, 1.82) is 0 Å². The first kappa shape index (κ1) is 37.1. The number of esters is 1. The normalized spacial score (nSPS) is 13.8. The Morgan fingerprint density at radius 3 is 1.44 bits per heavy atom. The van der Waals surface area contributed by atoms with Gasteiger partial charge in [0.25, 0.3) is 0 Å². The SMILES string of the molecule is CCCCCCCCCCCCCCCOC(=O)C(NC(=O)C(NC(=O)C(F)(F)C(F)(F)F)C(C)C)C(C)C. The predicted molar refractivity (Wildman–Crippen MR) is 141 cm³/mol. The second-order valence-corrected chi connectivity index (χ2v) is 10.9. The maximum Gasteiger partial charge on any atom is 0.463 e. The lowest BCUT2D eigenvalue weighted by molar-refractivity contribution is -0.270. The zero-order valence-electron chi connectivity index (χ0n) is 24.2. The Hall–Kier alpha value is -1.94. The van der Waals surface area contributed by atoms with Crippen LogP contribution in [-0.4, -0.2) is 48.6 Å². The van der Waals surface area contributed by atoms with Crippen LogP contribution < -0.4 is 10.6 Å². The van der Waals surface area contributed by atoms with Crippen molar-refractivity contribution in [3.8, 4) is 0 Å². The number of ether oxygens (including phenoxy) is 1. The first-order valence-corrected chi connectivity index (χ1v) is 14.4. The average molecular weight is 573 g/mol. The fraction of sp³-hybridized carbons (Fsp3) is 0.893. The van der Waals surface area contributed by atoms with E-state index in [-0.39, 0.29) is 6.61 Å². The van der Waals surface area contributed by atoms with Gasteiger partial charge in [-0.15, -0.1) is 0 Å². The molecule has 2 unspecified atom stereocenters. The molecule has 0 aliphatic carbocycles. The van der Waals surface area contributed by atoms with Crippen LogP contribution in [0, 0.1) is 11.8 Å². The summed E-state index contributed by atoms with van der Waals surface area (Å²) in [4.78, 5) is 36.8. The second kappa shape index (κ2) is 19.2. The number of amides is 2. The molecule has 2 amide bonds. The van der Waals surface area contributed by atoms with Crippen LogP contribution in [0.1, 0.15) is 118 Å². The van der Waals surface area contributed by atoms with Crippen LogP contribution >= 0.6 is 0 Å². The summed E-state index contributed by atoms with van der Waals surface area (Å²) in [5.74, 6) is -11.3. The Balaban J connectivity index is 4.47. The van der Waals surface area contributed by atoms with Gasteiger partial charge in [-0.1, -0.05) is 112 Å². The molecule has 0 aliphatic rings. The monoisotopic (exact) mass is 572 g/mol. The Labute approximate surface area is 230 Å². The van der Waals surface area contributed by atoms with Crippen molar-refractivity contribution in [2.75, 3.05) is 6.61 Å². The summed E-state index contributed by atoms with van der Waals surface area (Å²) in [7, 11) is 0.